The lowest BCUT2D eigenvalue weighted by molar-refractivity contribution is -0.141. The summed E-state index contributed by atoms with van der Waals surface area (Å²) in [6.07, 6.45) is 0.502. The summed E-state index contributed by atoms with van der Waals surface area (Å²) in [6, 6.07) is 1.79. The van der Waals surface area contributed by atoms with E-state index in [2.05, 4.69) is 10.9 Å². The molecule has 29 heavy (non-hydrogen) atoms. The van der Waals surface area contributed by atoms with E-state index >= 15 is 0 Å². The van der Waals surface area contributed by atoms with Gasteiger partial charge in [0.2, 0.25) is 0 Å². The van der Waals surface area contributed by atoms with Gasteiger partial charge in [0.25, 0.3) is 0 Å². The van der Waals surface area contributed by atoms with E-state index < -0.39 is 40.7 Å². The zero-order valence-electron chi connectivity index (χ0n) is 15.1. The fraction of sp³-hybridized carbons (Fsp3) is 0.316. The smallest absolute Gasteiger partial charge is 0.431 e. The van der Waals surface area contributed by atoms with Crippen molar-refractivity contribution in [2.24, 2.45) is 0 Å². The summed E-state index contributed by atoms with van der Waals surface area (Å²) in [5, 5.41) is -0.296. The minimum absolute atomic E-state index is 0.112. The lowest BCUT2D eigenvalue weighted by Gasteiger charge is -2.19. The van der Waals surface area contributed by atoms with Crippen LogP contribution in [0.25, 0.3) is 11.1 Å². The lowest BCUT2D eigenvalue weighted by Crippen LogP contribution is -2.26. The predicted octanol–water partition coefficient (Wildman–Crippen LogP) is 6.54. The molecule has 0 spiro atoms. The molecule has 0 atom stereocenters. The number of carbonyl (C=O) groups is 1. The third kappa shape index (κ3) is 4.82. The number of ether oxygens (including phenoxy) is 1. The fourth-order valence-electron chi connectivity index (χ4n) is 2.61. The Kier molecular flexibility index (Phi) is 6.83. The molecule has 0 amide bonds. The van der Waals surface area contributed by atoms with Gasteiger partial charge in [-0.3, -0.25) is 0 Å². The van der Waals surface area contributed by atoms with Crippen LogP contribution in [0.2, 0.25) is 5.02 Å². The number of halogens is 7. The molecule has 2 rings (SSSR count). The molecular weight excluding hydrogens is 457 g/mol. The number of rotatable bonds is 5. The van der Waals surface area contributed by atoms with Crippen LogP contribution in [0, 0.1) is 18.2 Å². The third-order valence-corrected chi connectivity index (χ3v) is 4.82. The summed E-state index contributed by atoms with van der Waals surface area (Å²) in [5.41, 5.74) is -3.75. The molecule has 1 N–H and O–H groups in total. The summed E-state index contributed by atoms with van der Waals surface area (Å²) in [7, 11) is 0. The quantitative estimate of drug-likeness (QED) is 0.233. The van der Waals surface area contributed by atoms with Crippen molar-refractivity contribution in [2.45, 2.75) is 37.4 Å². The number of terminal acetylenes is 1. The van der Waals surface area contributed by atoms with E-state index in [-0.39, 0.29) is 33.3 Å². The number of hydrogen-bond acceptors (Lipinski definition) is 2. The maximum absolute atomic E-state index is 14.7. The third-order valence-electron chi connectivity index (χ3n) is 3.97. The van der Waals surface area contributed by atoms with E-state index in [1.807, 2.05) is 0 Å². The number of benzene rings is 1. The van der Waals surface area contributed by atoms with Crippen molar-refractivity contribution in [3.8, 4) is 23.5 Å². The second kappa shape index (κ2) is 8.47. The van der Waals surface area contributed by atoms with Crippen LogP contribution in [0.5, 0.6) is 0 Å². The number of aromatic amines is 1. The molecule has 0 aliphatic carbocycles. The number of aromatic nitrogens is 1. The van der Waals surface area contributed by atoms with Gasteiger partial charge in [-0.1, -0.05) is 17.5 Å². The minimum atomic E-state index is -4.77. The first-order chi connectivity index (χ1) is 13.4. The molecule has 2 aromatic rings. The summed E-state index contributed by atoms with van der Waals surface area (Å²) < 4.78 is 59.8. The zero-order valence-corrected chi connectivity index (χ0v) is 17.4. The van der Waals surface area contributed by atoms with E-state index in [0.29, 0.717) is 0 Å². The normalized spacial score (nSPS) is 12.0. The number of nitrogens with one attached hydrogen (secondary N) is 1. The van der Waals surface area contributed by atoms with Gasteiger partial charge in [-0.2, -0.15) is 13.2 Å². The van der Waals surface area contributed by atoms with Crippen molar-refractivity contribution in [2.75, 3.05) is 0 Å². The topological polar surface area (TPSA) is 42.1 Å². The highest BCUT2D eigenvalue weighted by Gasteiger charge is 2.38. The van der Waals surface area contributed by atoms with Gasteiger partial charge >= 0.3 is 12.1 Å². The largest absolute Gasteiger partial charge is 0.443 e. The van der Waals surface area contributed by atoms with Gasteiger partial charge in [0.05, 0.1) is 22.3 Å². The summed E-state index contributed by atoms with van der Waals surface area (Å²) in [6.45, 7) is 2.89. The van der Waals surface area contributed by atoms with Crippen molar-refractivity contribution in [3.63, 3.8) is 0 Å². The molecule has 156 valence electrons. The molecule has 1 heterocycles. The van der Waals surface area contributed by atoms with Crippen molar-refractivity contribution >= 4 is 40.8 Å². The summed E-state index contributed by atoms with van der Waals surface area (Å²) in [4.78, 5) is 14.6. The maximum atomic E-state index is 14.7. The van der Waals surface area contributed by atoms with Crippen LogP contribution >= 0.6 is 34.8 Å². The monoisotopic (exact) mass is 469 g/mol. The van der Waals surface area contributed by atoms with Gasteiger partial charge in [-0.25, -0.2) is 9.18 Å². The Morgan fingerprint density at radius 2 is 1.86 bits per heavy atom. The Labute approximate surface area is 179 Å². The first kappa shape index (κ1) is 23.4. The van der Waals surface area contributed by atoms with E-state index in [0.717, 1.165) is 12.1 Å². The second-order valence-corrected chi connectivity index (χ2v) is 7.39. The van der Waals surface area contributed by atoms with Crippen LogP contribution in [-0.2, 0) is 22.7 Å². The van der Waals surface area contributed by atoms with Gasteiger partial charge in [0.15, 0.2) is 5.60 Å². The van der Waals surface area contributed by atoms with Gasteiger partial charge in [-0.05, 0) is 26.0 Å². The van der Waals surface area contributed by atoms with Crippen LogP contribution in [0.4, 0.5) is 17.6 Å². The van der Waals surface area contributed by atoms with Crippen LogP contribution < -0.4 is 0 Å². The van der Waals surface area contributed by atoms with E-state index in [4.69, 9.17) is 46.0 Å². The highest BCUT2D eigenvalue weighted by molar-refractivity contribution is 6.33. The van der Waals surface area contributed by atoms with E-state index in [1.165, 1.54) is 13.8 Å². The maximum Gasteiger partial charge on any atom is 0.431 e. The zero-order chi connectivity index (χ0) is 22.1. The van der Waals surface area contributed by atoms with Crippen molar-refractivity contribution in [1.82, 2.24) is 4.98 Å². The summed E-state index contributed by atoms with van der Waals surface area (Å²) >= 11 is 17.4. The summed E-state index contributed by atoms with van der Waals surface area (Å²) in [5.74, 6) is -0.649. The van der Waals surface area contributed by atoms with Crippen molar-refractivity contribution in [3.05, 3.63) is 45.5 Å². The first-order valence-corrected chi connectivity index (χ1v) is 9.44. The number of carbonyl (C=O) groups excluding carboxylic acids is 1. The van der Waals surface area contributed by atoms with Gasteiger partial charge in [0, 0.05) is 22.4 Å². The first-order valence-electron chi connectivity index (χ1n) is 7.99. The Morgan fingerprint density at radius 1 is 1.24 bits per heavy atom. The Hall–Kier alpha value is -1.88. The average molecular weight is 471 g/mol. The SMILES string of the molecule is C#CC(C)(C)OC(=O)c1cc(-c2c(CCl)[nH]c(C(F)(F)F)c2CCl)c(F)cc1Cl. The molecule has 0 saturated carbocycles. The lowest BCUT2D eigenvalue weighted by atomic mass is 9.98. The molecular formula is C19H14Cl3F4NO2. The fourth-order valence-corrected chi connectivity index (χ4v) is 3.31. The predicted molar refractivity (Wildman–Crippen MR) is 104 cm³/mol. The molecule has 0 aliphatic heterocycles. The molecule has 1 aromatic heterocycles. The highest BCUT2D eigenvalue weighted by atomic mass is 35.5. The average Bonchev–Trinajstić information content (AvgIpc) is 3.00. The molecule has 10 heteroatoms. The second-order valence-electron chi connectivity index (χ2n) is 6.45. The van der Waals surface area contributed by atoms with Crippen molar-refractivity contribution < 1.29 is 27.1 Å². The number of alkyl halides is 5. The Morgan fingerprint density at radius 3 is 2.34 bits per heavy atom. The van der Waals surface area contributed by atoms with Crippen LogP contribution in [-0.4, -0.2) is 16.6 Å². The molecule has 1 aromatic carbocycles. The standard InChI is InChI=1S/C19H14Cl3F4NO2/c1-4-18(2,3)29-17(28)9-5-10(13(23)6-12(9)22)15-11(7-20)16(19(24,25)26)27-14(15)8-21/h1,5-6,27H,7-8H2,2-3H3. The molecule has 0 radical (unpaired) electrons. The van der Waals surface area contributed by atoms with Crippen LogP contribution in [0.3, 0.4) is 0 Å². The number of hydrogen-bond donors (Lipinski definition) is 1. The van der Waals surface area contributed by atoms with Gasteiger partial charge < -0.3 is 9.72 Å². The van der Waals surface area contributed by atoms with Crippen LogP contribution in [0.1, 0.15) is 41.2 Å². The molecule has 0 unspecified atom stereocenters. The van der Waals surface area contributed by atoms with Gasteiger partial charge in [0.1, 0.15) is 11.5 Å². The highest BCUT2D eigenvalue weighted by Crippen LogP contribution is 2.42. The Balaban J connectivity index is 2.73. The van der Waals surface area contributed by atoms with Crippen molar-refractivity contribution in [1.29, 1.82) is 0 Å². The minimum Gasteiger partial charge on any atom is -0.443 e. The number of H-pyrrole nitrogens is 1. The van der Waals surface area contributed by atoms with Crippen LogP contribution in [0.15, 0.2) is 12.1 Å². The molecule has 0 aliphatic rings. The Bertz CT molecular complexity index is 991. The van der Waals surface area contributed by atoms with E-state index in [9.17, 15) is 22.4 Å². The molecule has 0 saturated heterocycles. The number of esters is 1. The molecule has 0 fully saturated rings. The van der Waals surface area contributed by atoms with Gasteiger partial charge in [-0.15, -0.1) is 29.6 Å². The molecule has 0 bridgehead atoms. The molecule has 3 nitrogen and oxygen atoms in total. The van der Waals surface area contributed by atoms with E-state index in [1.54, 1.807) is 0 Å².